The standard InChI is InChI=1S/C18H13ClN4O/c19-17-7-12(5-6-20-17)10-23-11-15(3-4-18(23)24)13-1-2-14-9-21-22-16(14)8-13/h1-9,11H,10H2,(H,21,22). The summed E-state index contributed by atoms with van der Waals surface area (Å²) in [5.41, 5.74) is 3.82. The third-order valence-electron chi connectivity index (χ3n) is 3.90. The summed E-state index contributed by atoms with van der Waals surface area (Å²) in [4.78, 5) is 16.1. The van der Waals surface area contributed by atoms with Gasteiger partial charge in [-0.1, -0.05) is 23.7 Å². The summed E-state index contributed by atoms with van der Waals surface area (Å²) in [5.74, 6) is 0. The van der Waals surface area contributed by atoms with E-state index in [4.69, 9.17) is 11.6 Å². The number of hydrogen-bond donors (Lipinski definition) is 1. The van der Waals surface area contributed by atoms with Crippen LogP contribution in [-0.4, -0.2) is 19.7 Å². The number of aromatic amines is 1. The lowest BCUT2D eigenvalue weighted by Crippen LogP contribution is -2.19. The summed E-state index contributed by atoms with van der Waals surface area (Å²) >= 11 is 5.91. The Morgan fingerprint density at radius 2 is 1.96 bits per heavy atom. The molecule has 0 fully saturated rings. The smallest absolute Gasteiger partial charge is 0.250 e. The highest BCUT2D eigenvalue weighted by molar-refractivity contribution is 6.29. The monoisotopic (exact) mass is 336 g/mol. The number of nitrogens with one attached hydrogen (secondary N) is 1. The van der Waals surface area contributed by atoms with Crippen LogP contribution in [0.5, 0.6) is 0 Å². The van der Waals surface area contributed by atoms with E-state index in [2.05, 4.69) is 15.2 Å². The number of halogens is 1. The van der Waals surface area contributed by atoms with E-state index < -0.39 is 0 Å². The lowest BCUT2D eigenvalue weighted by molar-refractivity contribution is 0.760. The molecule has 0 atom stereocenters. The molecule has 4 aromatic rings. The number of pyridine rings is 2. The normalized spacial score (nSPS) is 11.0. The van der Waals surface area contributed by atoms with Crippen LogP contribution in [0.15, 0.2) is 65.8 Å². The predicted molar refractivity (Wildman–Crippen MR) is 94.1 cm³/mol. The second kappa shape index (κ2) is 5.94. The molecule has 0 saturated carbocycles. The maximum atomic E-state index is 12.2. The van der Waals surface area contributed by atoms with Crippen molar-refractivity contribution in [3.8, 4) is 11.1 Å². The second-order valence-corrected chi connectivity index (χ2v) is 5.93. The van der Waals surface area contributed by atoms with Crippen LogP contribution in [0.1, 0.15) is 5.56 Å². The van der Waals surface area contributed by atoms with Crippen LogP contribution in [0.25, 0.3) is 22.0 Å². The maximum absolute atomic E-state index is 12.2. The van der Waals surface area contributed by atoms with E-state index in [1.807, 2.05) is 36.5 Å². The number of benzene rings is 1. The maximum Gasteiger partial charge on any atom is 0.250 e. The van der Waals surface area contributed by atoms with Crippen molar-refractivity contribution in [1.82, 2.24) is 19.7 Å². The van der Waals surface area contributed by atoms with Gasteiger partial charge in [-0.2, -0.15) is 5.10 Å². The van der Waals surface area contributed by atoms with Crippen molar-refractivity contribution in [2.24, 2.45) is 0 Å². The fraction of sp³-hybridized carbons (Fsp3) is 0.0556. The van der Waals surface area contributed by atoms with Crippen molar-refractivity contribution in [2.75, 3.05) is 0 Å². The first-order valence-electron chi connectivity index (χ1n) is 7.43. The molecule has 0 radical (unpaired) electrons. The van der Waals surface area contributed by atoms with Crippen molar-refractivity contribution >= 4 is 22.5 Å². The fourth-order valence-corrected chi connectivity index (χ4v) is 2.88. The SMILES string of the molecule is O=c1ccc(-c2ccc3cn[nH]c3c2)cn1Cc1ccnc(Cl)c1. The lowest BCUT2D eigenvalue weighted by Gasteiger charge is -2.09. The van der Waals surface area contributed by atoms with Crippen LogP contribution < -0.4 is 5.56 Å². The van der Waals surface area contributed by atoms with Gasteiger partial charge < -0.3 is 4.57 Å². The molecule has 6 heteroatoms. The quantitative estimate of drug-likeness (QED) is 0.582. The minimum atomic E-state index is -0.0608. The molecule has 5 nitrogen and oxygen atoms in total. The van der Waals surface area contributed by atoms with Gasteiger partial charge in [0.2, 0.25) is 0 Å². The molecule has 0 unspecified atom stereocenters. The zero-order valence-corrected chi connectivity index (χ0v) is 13.4. The Labute approximate surface area is 142 Å². The number of hydrogen-bond acceptors (Lipinski definition) is 3. The molecular formula is C18H13ClN4O. The molecule has 3 aromatic heterocycles. The summed E-state index contributed by atoms with van der Waals surface area (Å²) in [5, 5.41) is 8.47. The van der Waals surface area contributed by atoms with Crippen LogP contribution >= 0.6 is 11.6 Å². The van der Waals surface area contributed by atoms with Gasteiger partial charge in [-0.15, -0.1) is 0 Å². The molecule has 0 spiro atoms. The number of nitrogens with zero attached hydrogens (tertiary/aromatic N) is 3. The van der Waals surface area contributed by atoms with Crippen LogP contribution in [-0.2, 0) is 6.54 Å². The molecule has 0 aliphatic carbocycles. The summed E-state index contributed by atoms with van der Waals surface area (Å²) in [6, 6.07) is 13.1. The molecule has 0 aliphatic rings. The Morgan fingerprint density at radius 3 is 2.83 bits per heavy atom. The summed E-state index contributed by atoms with van der Waals surface area (Å²) in [6.45, 7) is 0.446. The van der Waals surface area contributed by atoms with E-state index in [0.717, 1.165) is 27.6 Å². The van der Waals surface area contributed by atoms with Crippen LogP contribution in [0.4, 0.5) is 0 Å². The first kappa shape index (κ1) is 14.7. The third kappa shape index (κ3) is 2.81. The van der Waals surface area contributed by atoms with E-state index in [1.54, 1.807) is 29.1 Å². The Bertz CT molecular complexity index is 1080. The predicted octanol–water partition coefficient (Wildman–Crippen LogP) is 3.49. The van der Waals surface area contributed by atoms with Crippen LogP contribution in [0.3, 0.4) is 0 Å². The third-order valence-corrected chi connectivity index (χ3v) is 4.11. The van der Waals surface area contributed by atoms with Gasteiger partial charge >= 0.3 is 0 Å². The van der Waals surface area contributed by atoms with E-state index >= 15 is 0 Å². The van der Waals surface area contributed by atoms with Crippen LogP contribution in [0, 0.1) is 0 Å². The Morgan fingerprint density at radius 1 is 1.08 bits per heavy atom. The van der Waals surface area contributed by atoms with Crippen molar-refractivity contribution < 1.29 is 0 Å². The highest BCUT2D eigenvalue weighted by atomic mass is 35.5. The van der Waals surface area contributed by atoms with E-state index in [1.165, 1.54) is 0 Å². The molecular weight excluding hydrogens is 324 g/mol. The van der Waals surface area contributed by atoms with Crippen LogP contribution in [0.2, 0.25) is 5.15 Å². The minimum absolute atomic E-state index is 0.0608. The summed E-state index contributed by atoms with van der Waals surface area (Å²) in [7, 11) is 0. The van der Waals surface area contributed by atoms with Crippen molar-refractivity contribution in [3.05, 3.63) is 82.1 Å². The highest BCUT2D eigenvalue weighted by Crippen LogP contribution is 2.22. The molecule has 0 bridgehead atoms. The first-order valence-corrected chi connectivity index (χ1v) is 7.81. The van der Waals surface area contributed by atoms with Gasteiger partial charge in [0.15, 0.2) is 0 Å². The first-order chi connectivity index (χ1) is 11.7. The van der Waals surface area contributed by atoms with E-state index in [-0.39, 0.29) is 5.56 Å². The largest absolute Gasteiger partial charge is 0.310 e. The summed E-state index contributed by atoms with van der Waals surface area (Å²) in [6.07, 6.45) is 5.28. The number of H-pyrrole nitrogens is 1. The number of rotatable bonds is 3. The Kier molecular flexibility index (Phi) is 3.63. The molecule has 118 valence electrons. The van der Waals surface area contributed by atoms with E-state index in [9.17, 15) is 4.79 Å². The highest BCUT2D eigenvalue weighted by Gasteiger charge is 2.05. The zero-order valence-electron chi connectivity index (χ0n) is 12.6. The molecule has 1 N–H and O–H groups in total. The summed E-state index contributed by atoms with van der Waals surface area (Å²) < 4.78 is 1.66. The molecule has 0 amide bonds. The van der Waals surface area contributed by atoms with Gasteiger partial charge in [-0.05, 0) is 41.0 Å². The minimum Gasteiger partial charge on any atom is -0.310 e. The van der Waals surface area contributed by atoms with Crippen molar-refractivity contribution in [2.45, 2.75) is 6.54 Å². The van der Waals surface area contributed by atoms with E-state index in [0.29, 0.717) is 11.7 Å². The molecule has 24 heavy (non-hydrogen) atoms. The van der Waals surface area contributed by atoms with Gasteiger partial charge in [-0.25, -0.2) is 4.98 Å². The number of aromatic nitrogens is 4. The topological polar surface area (TPSA) is 63.6 Å². The molecule has 0 saturated heterocycles. The molecule has 1 aromatic carbocycles. The Hall–Kier alpha value is -2.92. The Balaban J connectivity index is 1.74. The second-order valence-electron chi connectivity index (χ2n) is 5.54. The average molecular weight is 337 g/mol. The molecule has 3 heterocycles. The van der Waals surface area contributed by atoms with Gasteiger partial charge in [0.25, 0.3) is 5.56 Å². The molecule has 0 aliphatic heterocycles. The fourth-order valence-electron chi connectivity index (χ4n) is 2.68. The zero-order chi connectivity index (χ0) is 16.5. The van der Waals surface area contributed by atoms with Gasteiger partial charge in [0.05, 0.1) is 18.3 Å². The average Bonchev–Trinajstić information content (AvgIpc) is 3.04. The van der Waals surface area contributed by atoms with Crippen molar-refractivity contribution in [3.63, 3.8) is 0 Å². The number of fused-ring (bicyclic) bond motifs is 1. The van der Waals surface area contributed by atoms with Gasteiger partial charge in [0.1, 0.15) is 5.15 Å². The molecule has 4 rings (SSSR count). The lowest BCUT2D eigenvalue weighted by atomic mass is 10.1. The van der Waals surface area contributed by atoms with Gasteiger partial charge in [0, 0.05) is 23.8 Å². The van der Waals surface area contributed by atoms with Crippen molar-refractivity contribution in [1.29, 1.82) is 0 Å². The van der Waals surface area contributed by atoms with Gasteiger partial charge in [-0.3, -0.25) is 9.89 Å².